The van der Waals surface area contributed by atoms with Gasteiger partial charge in [0.05, 0.1) is 12.1 Å². The zero-order chi connectivity index (χ0) is 12.6. The number of nitrogens with zero attached hydrogens (tertiary/aromatic N) is 1. The van der Waals surface area contributed by atoms with Gasteiger partial charge in [-0.3, -0.25) is 4.79 Å². The third-order valence-electron chi connectivity index (χ3n) is 4.05. The molecule has 3 rings (SSSR count). The van der Waals surface area contributed by atoms with E-state index in [-0.39, 0.29) is 11.5 Å². The minimum atomic E-state index is -0.0283. The molecule has 1 amide bonds. The molecule has 2 aliphatic rings. The molecule has 0 saturated carbocycles. The Hall–Kier alpha value is -1.35. The maximum Gasteiger partial charge on any atom is 0.253 e. The van der Waals surface area contributed by atoms with Gasteiger partial charge in [-0.2, -0.15) is 0 Å². The van der Waals surface area contributed by atoms with Crippen LogP contribution in [0.25, 0.3) is 0 Å². The van der Waals surface area contributed by atoms with E-state index in [1.165, 1.54) is 0 Å². The van der Waals surface area contributed by atoms with Crippen LogP contribution >= 0.6 is 0 Å². The normalized spacial score (nSPS) is 27.1. The summed E-state index contributed by atoms with van der Waals surface area (Å²) in [6, 6.07) is 7.82. The van der Waals surface area contributed by atoms with E-state index >= 15 is 0 Å². The standard InChI is InChI=1S/C15H19NO2/c1-12-4-2-5-13(10-12)14(17)16-8-7-15(11-16)6-3-9-18-15/h2,4-5,10H,3,6-9,11H2,1H3. The molecule has 96 valence electrons. The lowest BCUT2D eigenvalue weighted by molar-refractivity contribution is 0.0127. The van der Waals surface area contributed by atoms with Gasteiger partial charge < -0.3 is 9.64 Å². The fourth-order valence-electron chi connectivity index (χ4n) is 3.06. The molecule has 3 heteroatoms. The van der Waals surface area contributed by atoms with Gasteiger partial charge >= 0.3 is 0 Å². The number of rotatable bonds is 1. The van der Waals surface area contributed by atoms with Crippen molar-refractivity contribution in [2.24, 2.45) is 0 Å². The number of benzene rings is 1. The van der Waals surface area contributed by atoms with E-state index in [4.69, 9.17) is 4.74 Å². The molecule has 0 aliphatic carbocycles. The summed E-state index contributed by atoms with van der Waals surface area (Å²) in [5.74, 6) is 0.145. The van der Waals surface area contributed by atoms with Crippen molar-refractivity contribution in [3.05, 3.63) is 35.4 Å². The van der Waals surface area contributed by atoms with Crippen molar-refractivity contribution in [3.8, 4) is 0 Å². The summed E-state index contributed by atoms with van der Waals surface area (Å²) in [4.78, 5) is 14.4. The Morgan fingerprint density at radius 2 is 2.28 bits per heavy atom. The first-order valence-electron chi connectivity index (χ1n) is 6.69. The highest BCUT2D eigenvalue weighted by Crippen LogP contribution is 2.35. The first-order valence-corrected chi connectivity index (χ1v) is 6.69. The van der Waals surface area contributed by atoms with Crippen molar-refractivity contribution in [1.82, 2.24) is 4.90 Å². The molecular weight excluding hydrogens is 226 g/mol. The molecule has 18 heavy (non-hydrogen) atoms. The van der Waals surface area contributed by atoms with Crippen LogP contribution in [-0.4, -0.2) is 36.1 Å². The Morgan fingerprint density at radius 1 is 1.39 bits per heavy atom. The lowest BCUT2D eigenvalue weighted by Gasteiger charge is -2.23. The summed E-state index contributed by atoms with van der Waals surface area (Å²) in [6.07, 6.45) is 3.22. The van der Waals surface area contributed by atoms with Crippen molar-refractivity contribution < 1.29 is 9.53 Å². The quantitative estimate of drug-likeness (QED) is 0.760. The van der Waals surface area contributed by atoms with E-state index < -0.39 is 0 Å². The molecule has 2 heterocycles. The van der Waals surface area contributed by atoms with Gasteiger partial charge in [-0.25, -0.2) is 0 Å². The predicted octanol–water partition coefficient (Wildman–Crippen LogP) is 2.39. The molecule has 0 bridgehead atoms. The zero-order valence-corrected chi connectivity index (χ0v) is 10.8. The Bertz CT molecular complexity index is 463. The number of carbonyl (C=O) groups is 1. The van der Waals surface area contributed by atoms with Gasteiger partial charge in [-0.15, -0.1) is 0 Å². The number of hydrogen-bond donors (Lipinski definition) is 0. The summed E-state index contributed by atoms with van der Waals surface area (Å²) < 4.78 is 5.85. The molecule has 2 saturated heterocycles. The van der Waals surface area contributed by atoms with Crippen molar-refractivity contribution >= 4 is 5.91 Å². The summed E-state index contributed by atoms with van der Waals surface area (Å²) in [5.41, 5.74) is 1.90. The third kappa shape index (κ3) is 2.03. The van der Waals surface area contributed by atoms with Crippen LogP contribution in [0, 0.1) is 6.92 Å². The topological polar surface area (TPSA) is 29.5 Å². The van der Waals surface area contributed by atoms with E-state index in [1.54, 1.807) is 0 Å². The number of amides is 1. The van der Waals surface area contributed by atoms with Gasteiger partial charge in [0.1, 0.15) is 0 Å². The summed E-state index contributed by atoms with van der Waals surface area (Å²) in [6.45, 7) is 4.46. The Kier molecular flexibility index (Phi) is 2.86. The molecule has 1 spiro atoms. The van der Waals surface area contributed by atoms with Crippen molar-refractivity contribution in [2.75, 3.05) is 19.7 Å². The number of carbonyl (C=O) groups excluding carboxylic acids is 1. The van der Waals surface area contributed by atoms with Crippen LogP contribution in [0.4, 0.5) is 0 Å². The van der Waals surface area contributed by atoms with Crippen LogP contribution in [-0.2, 0) is 4.74 Å². The highest BCUT2D eigenvalue weighted by molar-refractivity contribution is 5.94. The Morgan fingerprint density at radius 3 is 3.00 bits per heavy atom. The van der Waals surface area contributed by atoms with Crippen LogP contribution in [0.15, 0.2) is 24.3 Å². The fourth-order valence-corrected chi connectivity index (χ4v) is 3.06. The van der Waals surface area contributed by atoms with Gasteiger partial charge in [0.25, 0.3) is 5.91 Å². The average Bonchev–Trinajstić information content (AvgIpc) is 3.00. The monoisotopic (exact) mass is 245 g/mol. The van der Waals surface area contributed by atoms with Crippen molar-refractivity contribution in [3.63, 3.8) is 0 Å². The summed E-state index contributed by atoms with van der Waals surface area (Å²) in [5, 5.41) is 0. The molecule has 2 aliphatic heterocycles. The molecule has 1 atom stereocenters. The molecular formula is C15H19NO2. The predicted molar refractivity (Wildman–Crippen MR) is 69.6 cm³/mol. The van der Waals surface area contributed by atoms with E-state index in [2.05, 4.69) is 0 Å². The van der Waals surface area contributed by atoms with Crippen molar-refractivity contribution in [1.29, 1.82) is 0 Å². The van der Waals surface area contributed by atoms with Crippen LogP contribution in [0.5, 0.6) is 0 Å². The second kappa shape index (κ2) is 4.39. The smallest absolute Gasteiger partial charge is 0.253 e. The third-order valence-corrected chi connectivity index (χ3v) is 4.05. The van der Waals surface area contributed by atoms with Gasteiger partial charge in [0.2, 0.25) is 0 Å². The molecule has 0 N–H and O–H groups in total. The largest absolute Gasteiger partial charge is 0.373 e. The SMILES string of the molecule is Cc1cccc(C(=O)N2CCC3(CCCO3)C2)c1. The number of likely N-dealkylation sites (tertiary alicyclic amines) is 1. The van der Waals surface area contributed by atoms with Crippen LogP contribution < -0.4 is 0 Å². The maximum absolute atomic E-state index is 12.4. The second-order valence-electron chi connectivity index (χ2n) is 5.48. The molecule has 2 fully saturated rings. The Balaban J connectivity index is 1.74. The number of ether oxygens (including phenoxy) is 1. The fraction of sp³-hybridized carbons (Fsp3) is 0.533. The summed E-state index contributed by atoms with van der Waals surface area (Å²) >= 11 is 0. The van der Waals surface area contributed by atoms with Crippen LogP contribution in [0.1, 0.15) is 35.2 Å². The molecule has 0 aromatic heterocycles. The van der Waals surface area contributed by atoms with Gasteiger partial charge in [0.15, 0.2) is 0 Å². The molecule has 1 aromatic rings. The van der Waals surface area contributed by atoms with E-state index in [0.717, 1.165) is 50.1 Å². The second-order valence-corrected chi connectivity index (χ2v) is 5.48. The number of aryl methyl sites for hydroxylation is 1. The van der Waals surface area contributed by atoms with Gasteiger partial charge in [-0.1, -0.05) is 17.7 Å². The van der Waals surface area contributed by atoms with E-state index in [9.17, 15) is 4.79 Å². The highest BCUT2D eigenvalue weighted by atomic mass is 16.5. The first kappa shape index (κ1) is 11.7. The lowest BCUT2D eigenvalue weighted by Crippen LogP contribution is -2.35. The molecule has 1 aromatic carbocycles. The minimum absolute atomic E-state index is 0.0283. The van der Waals surface area contributed by atoms with Crippen LogP contribution in [0.2, 0.25) is 0 Å². The number of hydrogen-bond acceptors (Lipinski definition) is 2. The van der Waals surface area contributed by atoms with Gasteiger partial charge in [0, 0.05) is 18.7 Å². The molecule has 3 nitrogen and oxygen atoms in total. The van der Waals surface area contributed by atoms with E-state index in [1.807, 2.05) is 36.1 Å². The maximum atomic E-state index is 12.4. The summed E-state index contributed by atoms with van der Waals surface area (Å²) in [7, 11) is 0. The van der Waals surface area contributed by atoms with E-state index in [0.29, 0.717) is 0 Å². The lowest BCUT2D eigenvalue weighted by atomic mass is 10.00. The minimum Gasteiger partial charge on any atom is -0.373 e. The van der Waals surface area contributed by atoms with Gasteiger partial charge in [-0.05, 0) is 38.3 Å². The average molecular weight is 245 g/mol. The first-order chi connectivity index (χ1) is 8.69. The van der Waals surface area contributed by atoms with Crippen molar-refractivity contribution in [2.45, 2.75) is 31.8 Å². The molecule has 0 radical (unpaired) electrons. The Labute approximate surface area is 108 Å². The highest BCUT2D eigenvalue weighted by Gasteiger charge is 2.43. The zero-order valence-electron chi connectivity index (χ0n) is 10.8. The van der Waals surface area contributed by atoms with Crippen LogP contribution in [0.3, 0.4) is 0 Å². The molecule has 1 unspecified atom stereocenters.